The monoisotopic (exact) mass is 535 g/mol. The van der Waals surface area contributed by atoms with Gasteiger partial charge < -0.3 is 15.3 Å². The van der Waals surface area contributed by atoms with Crippen LogP contribution in [0.25, 0.3) is 0 Å². The van der Waals surface area contributed by atoms with Gasteiger partial charge in [0.1, 0.15) is 4.21 Å². The molecule has 2 heterocycles. The van der Waals surface area contributed by atoms with Gasteiger partial charge in [-0.3, -0.25) is 4.99 Å². The van der Waals surface area contributed by atoms with Gasteiger partial charge >= 0.3 is 0 Å². The molecule has 0 spiro atoms. The fourth-order valence-corrected chi connectivity index (χ4v) is 5.59. The smallest absolute Gasteiger partial charge is 0.194 e. The van der Waals surface area contributed by atoms with Gasteiger partial charge in [0.15, 0.2) is 15.8 Å². The van der Waals surface area contributed by atoms with Crippen molar-refractivity contribution in [3.63, 3.8) is 0 Å². The number of halogens is 1. The van der Waals surface area contributed by atoms with Crippen molar-refractivity contribution in [3.8, 4) is 0 Å². The number of guanidine groups is 1. The zero-order valence-electron chi connectivity index (χ0n) is 15.7. The standard InChI is InChI=1S/C19H25N3O3S2.HI/c1-2-20-19(22-10-9-15-6-3-4-7-16(15)13-22)21-12-17(23)14-27(24,25)18-8-5-11-26-18;/h3-8,11,17,23H,2,9-10,12-14H2,1H3,(H,20,21);1H. The Morgan fingerprint density at radius 2 is 2.04 bits per heavy atom. The average molecular weight is 535 g/mol. The van der Waals surface area contributed by atoms with Crippen molar-refractivity contribution >= 4 is 51.1 Å². The van der Waals surface area contributed by atoms with Crippen molar-refractivity contribution in [1.82, 2.24) is 10.2 Å². The largest absolute Gasteiger partial charge is 0.390 e. The molecule has 1 aromatic heterocycles. The summed E-state index contributed by atoms with van der Waals surface area (Å²) in [6.45, 7) is 4.34. The van der Waals surface area contributed by atoms with Crippen molar-refractivity contribution in [2.75, 3.05) is 25.4 Å². The second-order valence-electron chi connectivity index (χ2n) is 6.50. The van der Waals surface area contributed by atoms with Crippen LogP contribution in [-0.2, 0) is 22.8 Å². The van der Waals surface area contributed by atoms with E-state index in [4.69, 9.17) is 0 Å². The lowest BCUT2D eigenvalue weighted by molar-refractivity contribution is 0.205. The van der Waals surface area contributed by atoms with Gasteiger partial charge in [-0.15, -0.1) is 35.3 Å². The van der Waals surface area contributed by atoms with Gasteiger partial charge in [-0.25, -0.2) is 8.42 Å². The summed E-state index contributed by atoms with van der Waals surface area (Å²) in [6, 6.07) is 11.6. The molecule has 0 amide bonds. The Bertz CT molecular complexity index is 886. The molecule has 28 heavy (non-hydrogen) atoms. The molecule has 1 atom stereocenters. The molecule has 1 unspecified atom stereocenters. The molecule has 3 rings (SSSR count). The summed E-state index contributed by atoms with van der Waals surface area (Å²) in [5.74, 6) is 0.388. The number of aliphatic hydroxyl groups is 1. The van der Waals surface area contributed by atoms with Crippen molar-refractivity contribution < 1.29 is 13.5 Å². The number of hydrogen-bond acceptors (Lipinski definition) is 5. The molecule has 154 valence electrons. The number of thiophene rings is 1. The Labute approximate surface area is 187 Å². The second kappa shape index (κ2) is 10.6. The van der Waals surface area contributed by atoms with Gasteiger partial charge in [0.25, 0.3) is 0 Å². The lowest BCUT2D eigenvalue weighted by atomic mass is 10.0. The molecule has 0 aliphatic carbocycles. The average Bonchev–Trinajstić information content (AvgIpc) is 3.20. The molecule has 2 aromatic rings. The summed E-state index contributed by atoms with van der Waals surface area (Å²) in [6.07, 6.45) is -0.0987. The summed E-state index contributed by atoms with van der Waals surface area (Å²) in [5, 5.41) is 15.2. The zero-order valence-corrected chi connectivity index (χ0v) is 19.7. The summed E-state index contributed by atoms with van der Waals surface area (Å²) >= 11 is 1.17. The highest BCUT2D eigenvalue weighted by molar-refractivity contribution is 14.0. The van der Waals surface area contributed by atoms with Crippen LogP contribution in [0.5, 0.6) is 0 Å². The number of benzene rings is 1. The van der Waals surface area contributed by atoms with Gasteiger partial charge in [-0.1, -0.05) is 30.3 Å². The lowest BCUT2D eigenvalue weighted by Gasteiger charge is -2.31. The van der Waals surface area contributed by atoms with Crippen molar-refractivity contribution in [1.29, 1.82) is 0 Å². The van der Waals surface area contributed by atoms with E-state index in [9.17, 15) is 13.5 Å². The normalized spacial score (nSPS) is 15.5. The van der Waals surface area contributed by atoms with Crippen LogP contribution in [0.4, 0.5) is 0 Å². The van der Waals surface area contributed by atoms with Crippen LogP contribution < -0.4 is 5.32 Å². The number of fused-ring (bicyclic) bond motifs is 1. The highest BCUT2D eigenvalue weighted by Crippen LogP contribution is 2.19. The van der Waals surface area contributed by atoms with Crippen LogP contribution in [0.15, 0.2) is 51.0 Å². The molecule has 0 saturated heterocycles. The third kappa shape index (κ3) is 5.91. The Morgan fingerprint density at radius 1 is 1.29 bits per heavy atom. The summed E-state index contributed by atoms with van der Waals surface area (Å²) in [4.78, 5) is 6.64. The predicted octanol–water partition coefficient (Wildman–Crippen LogP) is 2.52. The van der Waals surface area contributed by atoms with Crippen LogP contribution in [0.2, 0.25) is 0 Å². The molecule has 9 heteroatoms. The SMILES string of the molecule is CCNC(=NCC(O)CS(=O)(=O)c1cccs1)N1CCc2ccccc2C1.I. The first kappa shape index (κ1) is 23.1. The van der Waals surface area contributed by atoms with E-state index in [1.807, 2.05) is 13.0 Å². The molecular formula is C19H26IN3O3S2. The minimum absolute atomic E-state index is 0. The first-order valence-corrected chi connectivity index (χ1v) is 11.6. The highest BCUT2D eigenvalue weighted by Gasteiger charge is 2.22. The molecule has 0 saturated carbocycles. The molecule has 0 fully saturated rings. The summed E-state index contributed by atoms with van der Waals surface area (Å²) in [5.41, 5.74) is 2.63. The number of aliphatic imine (C=N–C) groups is 1. The minimum Gasteiger partial charge on any atom is -0.390 e. The van der Waals surface area contributed by atoms with Crippen LogP contribution in [-0.4, -0.2) is 55.9 Å². The van der Waals surface area contributed by atoms with E-state index in [1.165, 1.54) is 22.5 Å². The fourth-order valence-electron chi connectivity index (χ4n) is 3.12. The fraction of sp³-hybridized carbons (Fsp3) is 0.421. The first-order valence-electron chi connectivity index (χ1n) is 9.04. The topological polar surface area (TPSA) is 82.0 Å². The van der Waals surface area contributed by atoms with Crippen LogP contribution in [0.3, 0.4) is 0 Å². The van der Waals surface area contributed by atoms with Crippen molar-refractivity contribution in [3.05, 3.63) is 52.9 Å². The molecule has 1 aromatic carbocycles. The summed E-state index contributed by atoms with van der Waals surface area (Å²) in [7, 11) is -3.48. The zero-order chi connectivity index (χ0) is 19.3. The van der Waals surface area contributed by atoms with E-state index >= 15 is 0 Å². The van der Waals surface area contributed by atoms with Gasteiger partial charge in [0.05, 0.1) is 18.4 Å². The van der Waals surface area contributed by atoms with E-state index in [0.29, 0.717) is 12.5 Å². The Kier molecular flexibility index (Phi) is 8.72. The van der Waals surface area contributed by atoms with Gasteiger partial charge in [-0.05, 0) is 35.9 Å². The van der Waals surface area contributed by atoms with Crippen LogP contribution in [0.1, 0.15) is 18.1 Å². The van der Waals surface area contributed by atoms with Crippen LogP contribution in [0, 0.1) is 0 Å². The third-order valence-corrected chi connectivity index (χ3v) is 7.72. The van der Waals surface area contributed by atoms with Crippen molar-refractivity contribution in [2.24, 2.45) is 4.99 Å². The maximum Gasteiger partial charge on any atom is 0.194 e. The number of hydrogen-bond donors (Lipinski definition) is 2. The van der Waals surface area contributed by atoms with Crippen molar-refractivity contribution in [2.45, 2.75) is 30.2 Å². The van der Waals surface area contributed by atoms with E-state index in [1.54, 1.807) is 17.5 Å². The van der Waals surface area contributed by atoms with E-state index in [-0.39, 0.29) is 40.5 Å². The lowest BCUT2D eigenvalue weighted by Crippen LogP contribution is -2.44. The molecule has 0 radical (unpaired) electrons. The van der Waals surface area contributed by atoms with Gasteiger partial charge in [0.2, 0.25) is 0 Å². The van der Waals surface area contributed by atoms with Crippen LogP contribution >= 0.6 is 35.3 Å². The minimum atomic E-state index is -3.48. The van der Waals surface area contributed by atoms with Gasteiger partial charge in [0, 0.05) is 19.6 Å². The number of nitrogens with zero attached hydrogens (tertiary/aromatic N) is 2. The molecular weight excluding hydrogens is 509 g/mol. The maximum atomic E-state index is 12.3. The Balaban J connectivity index is 0.00000280. The number of rotatable bonds is 6. The Hall–Kier alpha value is -1.17. The third-order valence-electron chi connectivity index (χ3n) is 4.43. The Morgan fingerprint density at radius 3 is 2.71 bits per heavy atom. The predicted molar refractivity (Wildman–Crippen MR) is 124 cm³/mol. The first-order chi connectivity index (χ1) is 13.0. The van der Waals surface area contributed by atoms with E-state index in [2.05, 4.69) is 33.4 Å². The number of nitrogens with one attached hydrogen (secondary N) is 1. The molecule has 1 aliphatic heterocycles. The maximum absolute atomic E-state index is 12.3. The number of sulfone groups is 1. The van der Waals surface area contributed by atoms with E-state index < -0.39 is 15.9 Å². The number of aliphatic hydroxyl groups excluding tert-OH is 1. The van der Waals surface area contributed by atoms with Gasteiger partial charge in [-0.2, -0.15) is 0 Å². The second-order valence-corrected chi connectivity index (χ2v) is 9.71. The van der Waals surface area contributed by atoms with E-state index in [0.717, 1.165) is 19.5 Å². The quantitative estimate of drug-likeness (QED) is 0.338. The molecule has 2 N–H and O–H groups in total. The highest BCUT2D eigenvalue weighted by atomic mass is 127. The molecule has 1 aliphatic rings. The molecule has 6 nitrogen and oxygen atoms in total. The summed E-state index contributed by atoms with van der Waals surface area (Å²) < 4.78 is 24.9. The molecule has 0 bridgehead atoms.